The maximum absolute atomic E-state index is 14.5. The fraction of sp³-hybridized carbons (Fsp3) is 0.108. The second-order valence-electron chi connectivity index (χ2n) is 10.5. The number of rotatable bonds is 7. The van der Waals surface area contributed by atoms with Crippen LogP contribution in [0, 0.1) is 0 Å². The van der Waals surface area contributed by atoms with E-state index in [9.17, 15) is 9.59 Å². The second kappa shape index (κ2) is 11.9. The zero-order valence-corrected chi connectivity index (χ0v) is 25.5. The molecule has 0 amide bonds. The molecule has 1 N–H and O–H groups in total. The molecule has 0 bridgehead atoms. The van der Waals surface area contributed by atoms with E-state index in [0.29, 0.717) is 31.9 Å². The average Bonchev–Trinajstić information content (AvgIpc) is 3.61. The molecule has 6 aromatic rings. The lowest BCUT2D eigenvalue weighted by Gasteiger charge is -2.26. The first kappa shape index (κ1) is 28.3. The summed E-state index contributed by atoms with van der Waals surface area (Å²) in [5, 5.41) is 1.00. The summed E-state index contributed by atoms with van der Waals surface area (Å²) < 4.78 is 13.2. The number of H-pyrrole nitrogens is 1. The number of fused-ring (bicyclic) bond motifs is 2. The van der Waals surface area contributed by atoms with Gasteiger partial charge in [-0.15, -0.1) is 0 Å². The first-order valence-corrected chi connectivity index (χ1v) is 15.5. The Morgan fingerprint density at radius 1 is 0.933 bits per heavy atom. The molecular weight excluding hydrogens is 582 g/mol. The van der Waals surface area contributed by atoms with Crippen molar-refractivity contribution in [2.45, 2.75) is 13.0 Å². The van der Waals surface area contributed by atoms with Crippen LogP contribution in [0.25, 0.3) is 33.9 Å². The minimum absolute atomic E-state index is 0.183. The van der Waals surface area contributed by atoms with Crippen molar-refractivity contribution in [2.75, 3.05) is 13.7 Å². The van der Waals surface area contributed by atoms with Crippen molar-refractivity contribution in [2.24, 2.45) is 4.99 Å². The number of nitrogens with one attached hydrogen (secondary N) is 1. The summed E-state index contributed by atoms with van der Waals surface area (Å²) in [6.45, 7) is 1.95. The number of hydrogen-bond donors (Lipinski definition) is 1. The molecule has 3 heterocycles. The summed E-state index contributed by atoms with van der Waals surface area (Å²) in [6, 6.07) is 34.3. The molecule has 0 saturated carbocycles. The Bertz CT molecular complexity index is 2260. The molecule has 1 aliphatic rings. The maximum Gasteiger partial charge on any atom is 0.338 e. The minimum atomic E-state index is -0.788. The van der Waals surface area contributed by atoms with E-state index < -0.39 is 12.0 Å². The monoisotopic (exact) mass is 611 g/mol. The Hall–Kier alpha value is -5.47. The molecular formula is C37H29N3O4S. The molecule has 7 nitrogen and oxygen atoms in total. The van der Waals surface area contributed by atoms with Crippen LogP contribution >= 0.6 is 11.3 Å². The maximum atomic E-state index is 14.5. The van der Waals surface area contributed by atoms with E-state index in [1.807, 2.05) is 115 Å². The Balaban J connectivity index is 1.53. The number of carbonyl (C=O) groups excluding carboxylic acids is 1. The third-order valence-corrected chi connectivity index (χ3v) is 8.85. The highest BCUT2D eigenvalue weighted by Gasteiger charge is 2.35. The molecule has 0 aliphatic carbocycles. The lowest BCUT2D eigenvalue weighted by molar-refractivity contribution is -0.138. The number of aromatic nitrogens is 2. The van der Waals surface area contributed by atoms with E-state index in [1.54, 1.807) is 18.6 Å². The molecule has 0 radical (unpaired) electrons. The highest BCUT2D eigenvalue weighted by atomic mass is 32.1. The molecule has 4 aromatic carbocycles. The van der Waals surface area contributed by atoms with Gasteiger partial charge in [0.15, 0.2) is 4.80 Å². The lowest BCUT2D eigenvalue weighted by Crippen LogP contribution is -2.40. The third-order valence-electron chi connectivity index (χ3n) is 7.87. The van der Waals surface area contributed by atoms with E-state index in [-0.39, 0.29) is 12.2 Å². The number of methoxy groups -OCH3 is 1. The SMILES string of the molecule is CCOC(=O)C1=C(c2ccccc2)N=c2s/c(=C\c3c(-c4ccccc4)[nH]c4ccccc34)c(=O)n2[C@H]1c1cccc(OC)c1. The molecule has 0 spiro atoms. The fourth-order valence-corrected chi connectivity index (χ4v) is 6.83. The number of nitrogens with zero attached hydrogens (tertiary/aromatic N) is 2. The Morgan fingerprint density at radius 2 is 1.64 bits per heavy atom. The number of aromatic amines is 1. The molecule has 0 saturated heterocycles. The first-order chi connectivity index (χ1) is 22.1. The smallest absolute Gasteiger partial charge is 0.338 e. The van der Waals surface area contributed by atoms with E-state index in [0.717, 1.165) is 33.3 Å². The summed E-state index contributed by atoms with van der Waals surface area (Å²) in [5.74, 6) is 0.0904. The van der Waals surface area contributed by atoms with Gasteiger partial charge in [0, 0.05) is 22.0 Å². The van der Waals surface area contributed by atoms with E-state index >= 15 is 0 Å². The number of ether oxygens (including phenoxy) is 2. The van der Waals surface area contributed by atoms with E-state index in [2.05, 4.69) is 4.98 Å². The molecule has 8 heteroatoms. The van der Waals surface area contributed by atoms with Crippen molar-refractivity contribution in [3.63, 3.8) is 0 Å². The zero-order valence-electron chi connectivity index (χ0n) is 24.7. The van der Waals surface area contributed by atoms with Crippen LogP contribution in [0.15, 0.2) is 125 Å². The Kier molecular flexibility index (Phi) is 7.49. The number of para-hydroxylation sites is 1. The molecule has 1 aliphatic heterocycles. The van der Waals surface area contributed by atoms with Gasteiger partial charge in [-0.05, 0) is 42.3 Å². The molecule has 222 valence electrons. The number of thiazole rings is 1. The van der Waals surface area contributed by atoms with Gasteiger partial charge in [0.25, 0.3) is 5.56 Å². The summed E-state index contributed by atoms with van der Waals surface area (Å²) in [5.41, 5.74) is 5.82. The standard InChI is InChI=1S/C37H29N3O4S/c1-3-44-36(42)31-33(24-15-8-5-9-16-24)39-37-40(34(31)25-17-12-18-26(21-25)43-2)35(41)30(45-37)22-28-27-19-10-11-20-29(27)38-32(28)23-13-6-4-7-14-23/h4-22,34,38H,3H2,1-2H3/b30-22-/t34-/m0/s1. The van der Waals surface area contributed by atoms with Gasteiger partial charge in [-0.3, -0.25) is 9.36 Å². The van der Waals surface area contributed by atoms with Crippen LogP contribution in [-0.4, -0.2) is 29.2 Å². The van der Waals surface area contributed by atoms with Gasteiger partial charge < -0.3 is 14.5 Å². The van der Waals surface area contributed by atoms with Crippen LogP contribution in [0.3, 0.4) is 0 Å². The van der Waals surface area contributed by atoms with Gasteiger partial charge in [-0.2, -0.15) is 0 Å². The molecule has 0 fully saturated rings. The molecule has 2 aromatic heterocycles. The normalized spacial score (nSPS) is 14.7. The Morgan fingerprint density at radius 3 is 2.38 bits per heavy atom. The van der Waals surface area contributed by atoms with Crippen molar-refractivity contribution >= 4 is 40.0 Å². The average molecular weight is 612 g/mol. The number of hydrogen-bond acceptors (Lipinski definition) is 6. The minimum Gasteiger partial charge on any atom is -0.497 e. The lowest BCUT2D eigenvalue weighted by atomic mass is 9.93. The third kappa shape index (κ3) is 5.09. The van der Waals surface area contributed by atoms with Crippen LogP contribution in [0.1, 0.15) is 29.7 Å². The molecule has 1 atom stereocenters. The van der Waals surface area contributed by atoms with Crippen molar-refractivity contribution < 1.29 is 14.3 Å². The van der Waals surface area contributed by atoms with Gasteiger partial charge in [-0.1, -0.05) is 102 Å². The van der Waals surface area contributed by atoms with Crippen LogP contribution in [-0.2, 0) is 9.53 Å². The molecule has 7 rings (SSSR count). The van der Waals surface area contributed by atoms with Gasteiger partial charge in [-0.25, -0.2) is 9.79 Å². The largest absolute Gasteiger partial charge is 0.497 e. The van der Waals surface area contributed by atoms with E-state index in [1.165, 1.54) is 11.3 Å². The van der Waals surface area contributed by atoms with Gasteiger partial charge in [0.05, 0.1) is 41.3 Å². The quantitative estimate of drug-likeness (QED) is 0.221. The van der Waals surface area contributed by atoms with Gasteiger partial charge in [0.2, 0.25) is 0 Å². The second-order valence-corrected chi connectivity index (χ2v) is 11.5. The van der Waals surface area contributed by atoms with E-state index in [4.69, 9.17) is 14.5 Å². The van der Waals surface area contributed by atoms with Crippen LogP contribution in [0.5, 0.6) is 5.75 Å². The summed E-state index contributed by atoms with van der Waals surface area (Å²) >= 11 is 1.30. The number of esters is 1. The number of carbonyl (C=O) groups is 1. The zero-order chi connectivity index (χ0) is 30.9. The Labute approximate surface area is 263 Å². The summed E-state index contributed by atoms with van der Waals surface area (Å²) in [4.78, 5) is 37.3. The van der Waals surface area contributed by atoms with Crippen LogP contribution < -0.4 is 19.6 Å². The predicted octanol–water partition coefficient (Wildman–Crippen LogP) is 6.09. The van der Waals surface area contributed by atoms with Crippen molar-refractivity contribution in [1.82, 2.24) is 9.55 Å². The van der Waals surface area contributed by atoms with Crippen molar-refractivity contribution in [3.8, 4) is 17.0 Å². The van der Waals surface area contributed by atoms with Crippen LogP contribution in [0.2, 0.25) is 0 Å². The highest BCUT2D eigenvalue weighted by Crippen LogP contribution is 2.36. The van der Waals surface area contributed by atoms with Crippen molar-refractivity contribution in [1.29, 1.82) is 0 Å². The van der Waals surface area contributed by atoms with Crippen LogP contribution in [0.4, 0.5) is 0 Å². The highest BCUT2D eigenvalue weighted by molar-refractivity contribution is 7.07. The number of benzene rings is 4. The summed E-state index contributed by atoms with van der Waals surface area (Å²) in [7, 11) is 1.59. The van der Waals surface area contributed by atoms with Crippen molar-refractivity contribution in [3.05, 3.63) is 151 Å². The first-order valence-electron chi connectivity index (χ1n) is 14.7. The molecule has 45 heavy (non-hydrogen) atoms. The van der Waals surface area contributed by atoms with Gasteiger partial charge >= 0.3 is 5.97 Å². The predicted molar refractivity (Wildman–Crippen MR) is 178 cm³/mol. The topological polar surface area (TPSA) is 85.7 Å². The fourth-order valence-electron chi connectivity index (χ4n) is 5.84. The molecule has 0 unspecified atom stereocenters. The summed E-state index contributed by atoms with van der Waals surface area (Å²) in [6.07, 6.45) is 1.93. The van der Waals surface area contributed by atoms with Gasteiger partial charge in [0.1, 0.15) is 5.75 Å².